The van der Waals surface area contributed by atoms with E-state index in [1.807, 2.05) is 0 Å². The SMILES string of the molecule is CC(C)C(=O)C1=C(O)C(=O)N(c2ccc(OC(F)(F)F)cc2)C1c1ccc(O)cc1. The van der Waals surface area contributed by atoms with E-state index in [1.165, 1.54) is 36.4 Å². The number of benzene rings is 2. The van der Waals surface area contributed by atoms with Crippen LogP contribution in [0.25, 0.3) is 0 Å². The number of phenolic OH excluding ortho intramolecular Hbond substituents is 1. The van der Waals surface area contributed by atoms with Gasteiger partial charge in [-0.1, -0.05) is 26.0 Å². The third-order valence-electron chi connectivity index (χ3n) is 4.56. The van der Waals surface area contributed by atoms with E-state index in [-0.39, 0.29) is 17.0 Å². The Morgan fingerprint density at radius 3 is 2.10 bits per heavy atom. The van der Waals surface area contributed by atoms with Gasteiger partial charge in [-0.2, -0.15) is 0 Å². The molecule has 0 aromatic heterocycles. The highest BCUT2D eigenvalue weighted by atomic mass is 19.4. The lowest BCUT2D eigenvalue weighted by Gasteiger charge is -2.27. The van der Waals surface area contributed by atoms with E-state index in [9.17, 15) is 33.0 Å². The van der Waals surface area contributed by atoms with Crippen LogP contribution in [-0.4, -0.2) is 28.3 Å². The van der Waals surface area contributed by atoms with E-state index in [0.717, 1.165) is 17.0 Å². The van der Waals surface area contributed by atoms with Crippen molar-refractivity contribution < 1.29 is 37.7 Å². The number of carbonyl (C=O) groups excluding carboxylic acids is 2. The molecule has 1 aliphatic rings. The van der Waals surface area contributed by atoms with E-state index in [2.05, 4.69) is 4.74 Å². The Kier molecular flexibility index (Phi) is 5.47. The van der Waals surface area contributed by atoms with E-state index < -0.39 is 41.5 Å². The number of nitrogens with zero attached hydrogens (tertiary/aromatic N) is 1. The number of anilines is 1. The van der Waals surface area contributed by atoms with Crippen LogP contribution in [0.4, 0.5) is 18.9 Å². The number of carbonyl (C=O) groups is 2. The summed E-state index contributed by atoms with van der Waals surface area (Å²) in [7, 11) is 0. The zero-order valence-corrected chi connectivity index (χ0v) is 16.0. The van der Waals surface area contributed by atoms with Crippen molar-refractivity contribution in [1.82, 2.24) is 0 Å². The lowest BCUT2D eigenvalue weighted by atomic mass is 9.91. The van der Waals surface area contributed by atoms with Crippen LogP contribution in [-0.2, 0) is 9.59 Å². The van der Waals surface area contributed by atoms with Gasteiger partial charge >= 0.3 is 6.36 Å². The maximum Gasteiger partial charge on any atom is 0.573 e. The molecule has 2 aromatic carbocycles. The fourth-order valence-electron chi connectivity index (χ4n) is 3.21. The molecular weight excluding hydrogens is 403 g/mol. The predicted molar refractivity (Wildman–Crippen MR) is 101 cm³/mol. The molecular formula is C21H18F3NO5. The number of aliphatic hydroxyl groups is 1. The predicted octanol–water partition coefficient (Wildman–Crippen LogP) is 4.42. The Hall–Kier alpha value is -3.49. The van der Waals surface area contributed by atoms with Crippen LogP contribution < -0.4 is 9.64 Å². The summed E-state index contributed by atoms with van der Waals surface area (Å²) in [5.74, 6) is -3.05. The number of hydrogen-bond donors (Lipinski definition) is 2. The summed E-state index contributed by atoms with van der Waals surface area (Å²) >= 11 is 0. The van der Waals surface area contributed by atoms with Crippen molar-refractivity contribution in [3.8, 4) is 11.5 Å². The molecule has 1 unspecified atom stereocenters. The second kappa shape index (κ2) is 7.74. The molecule has 1 aliphatic heterocycles. The van der Waals surface area contributed by atoms with Crippen molar-refractivity contribution >= 4 is 17.4 Å². The van der Waals surface area contributed by atoms with Crippen LogP contribution in [0.2, 0.25) is 0 Å². The summed E-state index contributed by atoms with van der Waals surface area (Å²) in [6, 6.07) is 9.22. The second-order valence-corrected chi connectivity index (χ2v) is 6.99. The summed E-state index contributed by atoms with van der Waals surface area (Å²) in [5, 5.41) is 20.0. The number of halogens is 3. The smallest absolute Gasteiger partial charge is 0.508 e. The van der Waals surface area contributed by atoms with E-state index in [0.29, 0.717) is 5.56 Å². The minimum absolute atomic E-state index is 0.0341. The normalized spacial score (nSPS) is 17.1. The van der Waals surface area contributed by atoms with Crippen LogP contribution in [0.15, 0.2) is 59.9 Å². The molecule has 30 heavy (non-hydrogen) atoms. The zero-order chi connectivity index (χ0) is 22.2. The minimum atomic E-state index is -4.86. The van der Waals surface area contributed by atoms with Crippen molar-refractivity contribution in [2.75, 3.05) is 4.90 Å². The largest absolute Gasteiger partial charge is 0.573 e. The monoisotopic (exact) mass is 421 g/mol. The van der Waals surface area contributed by atoms with Crippen LogP contribution in [0.1, 0.15) is 25.5 Å². The topological polar surface area (TPSA) is 87.1 Å². The Morgan fingerprint density at radius 2 is 1.60 bits per heavy atom. The first-order valence-corrected chi connectivity index (χ1v) is 8.95. The number of amides is 1. The molecule has 0 aliphatic carbocycles. The molecule has 0 bridgehead atoms. The average molecular weight is 421 g/mol. The molecule has 6 nitrogen and oxygen atoms in total. The van der Waals surface area contributed by atoms with Crippen molar-refractivity contribution in [2.45, 2.75) is 26.3 Å². The highest BCUT2D eigenvalue weighted by Gasteiger charge is 2.44. The zero-order valence-electron chi connectivity index (χ0n) is 16.0. The van der Waals surface area contributed by atoms with Crippen LogP contribution >= 0.6 is 0 Å². The molecule has 9 heteroatoms. The van der Waals surface area contributed by atoms with Gasteiger partial charge in [0, 0.05) is 11.6 Å². The number of ketones is 1. The molecule has 2 N–H and O–H groups in total. The molecule has 1 amide bonds. The quantitative estimate of drug-likeness (QED) is 0.747. The van der Waals surface area contributed by atoms with Crippen LogP contribution in [0.5, 0.6) is 11.5 Å². The van der Waals surface area contributed by atoms with Crippen molar-refractivity contribution in [1.29, 1.82) is 0 Å². The number of aromatic hydroxyl groups is 1. The molecule has 0 spiro atoms. The minimum Gasteiger partial charge on any atom is -0.508 e. The molecule has 3 rings (SSSR count). The number of ether oxygens (including phenoxy) is 1. The highest BCUT2D eigenvalue weighted by molar-refractivity contribution is 6.16. The maximum absolute atomic E-state index is 12.8. The Balaban J connectivity index is 2.07. The lowest BCUT2D eigenvalue weighted by molar-refractivity contribution is -0.274. The standard InChI is InChI=1S/C21H18F3NO5/c1-11(2)18(27)16-17(12-3-7-14(26)8-4-12)25(20(29)19(16)28)13-5-9-15(10-6-13)30-21(22,23)24/h3-11,17,26,28H,1-2H3. The van der Waals surface area contributed by atoms with Crippen molar-refractivity contribution in [2.24, 2.45) is 5.92 Å². The maximum atomic E-state index is 12.8. The number of alkyl halides is 3. The summed E-state index contributed by atoms with van der Waals surface area (Å²) in [6.07, 6.45) is -4.86. The second-order valence-electron chi connectivity index (χ2n) is 6.99. The van der Waals surface area contributed by atoms with Gasteiger partial charge in [0.05, 0.1) is 11.6 Å². The number of phenols is 1. The first kappa shape index (κ1) is 21.2. The fourth-order valence-corrected chi connectivity index (χ4v) is 3.21. The Bertz CT molecular complexity index is 995. The molecule has 1 atom stereocenters. The summed E-state index contributed by atoms with van der Waals surface area (Å²) < 4.78 is 41.0. The molecule has 0 saturated heterocycles. The van der Waals surface area contributed by atoms with Gasteiger partial charge in [-0.05, 0) is 42.0 Å². The van der Waals surface area contributed by atoms with Crippen molar-refractivity contribution in [3.63, 3.8) is 0 Å². The number of Topliss-reactive ketones (excluding diaryl/α,β-unsaturated/α-hetero) is 1. The summed E-state index contributed by atoms with van der Waals surface area (Å²) in [5.41, 5.74) is 0.479. The number of hydrogen-bond acceptors (Lipinski definition) is 5. The molecule has 1 heterocycles. The molecule has 158 valence electrons. The molecule has 0 saturated carbocycles. The molecule has 0 radical (unpaired) electrons. The average Bonchev–Trinajstić information content (AvgIpc) is 2.92. The lowest BCUT2D eigenvalue weighted by Crippen LogP contribution is -2.31. The third kappa shape index (κ3) is 4.10. The first-order valence-electron chi connectivity index (χ1n) is 8.95. The third-order valence-corrected chi connectivity index (χ3v) is 4.56. The van der Waals surface area contributed by atoms with E-state index in [1.54, 1.807) is 13.8 Å². The van der Waals surface area contributed by atoms with Crippen LogP contribution in [0.3, 0.4) is 0 Å². The first-order chi connectivity index (χ1) is 14.0. The van der Waals surface area contributed by atoms with Gasteiger partial charge in [0.1, 0.15) is 11.5 Å². The summed E-state index contributed by atoms with van der Waals surface area (Å²) in [6.45, 7) is 3.24. The Morgan fingerprint density at radius 1 is 1.03 bits per heavy atom. The van der Waals surface area contributed by atoms with Gasteiger partial charge < -0.3 is 14.9 Å². The van der Waals surface area contributed by atoms with Gasteiger partial charge in [-0.15, -0.1) is 13.2 Å². The number of aliphatic hydroxyl groups excluding tert-OH is 1. The van der Waals surface area contributed by atoms with E-state index in [4.69, 9.17) is 0 Å². The van der Waals surface area contributed by atoms with Gasteiger partial charge in [0.2, 0.25) is 0 Å². The fraction of sp³-hybridized carbons (Fsp3) is 0.238. The van der Waals surface area contributed by atoms with Gasteiger partial charge in [0.25, 0.3) is 5.91 Å². The molecule has 2 aromatic rings. The van der Waals surface area contributed by atoms with Crippen molar-refractivity contribution in [3.05, 3.63) is 65.4 Å². The van der Waals surface area contributed by atoms with Crippen LogP contribution in [0, 0.1) is 5.92 Å². The Labute approximate surface area is 169 Å². The van der Waals surface area contributed by atoms with Gasteiger partial charge in [-0.25, -0.2) is 0 Å². The number of rotatable bonds is 5. The highest BCUT2D eigenvalue weighted by Crippen LogP contribution is 2.42. The summed E-state index contributed by atoms with van der Waals surface area (Å²) in [4.78, 5) is 26.7. The van der Waals surface area contributed by atoms with Gasteiger partial charge in [-0.3, -0.25) is 14.5 Å². The van der Waals surface area contributed by atoms with Gasteiger partial charge in [0.15, 0.2) is 11.5 Å². The van der Waals surface area contributed by atoms with E-state index >= 15 is 0 Å². The molecule has 0 fully saturated rings.